The molecule has 0 bridgehead atoms. The topological polar surface area (TPSA) is 88.2 Å². The zero-order valence-corrected chi connectivity index (χ0v) is 20.9. The van der Waals surface area contributed by atoms with Gasteiger partial charge in [-0.3, -0.25) is 4.79 Å². The maximum absolute atomic E-state index is 13.3. The minimum absolute atomic E-state index is 0.105. The summed E-state index contributed by atoms with van der Waals surface area (Å²) in [5.41, 5.74) is 2.48. The number of benzene rings is 2. The number of pyridine rings is 1. The largest absolute Gasteiger partial charge is 0.348 e. The number of nitrogens with one attached hydrogen (secondary N) is 2. The van der Waals surface area contributed by atoms with E-state index < -0.39 is 10.0 Å². The van der Waals surface area contributed by atoms with Crippen LogP contribution < -0.4 is 10.0 Å². The first kappa shape index (κ1) is 24.3. The Labute approximate surface area is 208 Å². The number of unbranched alkanes of at least 4 members (excludes halogenated alkanes) is 1. The maximum atomic E-state index is 13.3. The predicted molar refractivity (Wildman–Crippen MR) is 138 cm³/mol. The van der Waals surface area contributed by atoms with Crippen LogP contribution in [0.3, 0.4) is 0 Å². The summed E-state index contributed by atoms with van der Waals surface area (Å²) in [6, 6.07) is 17.5. The van der Waals surface area contributed by atoms with E-state index in [2.05, 4.69) is 15.0 Å². The number of fused-ring (bicyclic) bond motifs is 1. The average molecular weight is 514 g/mol. The van der Waals surface area contributed by atoms with Crippen LogP contribution in [0.4, 0.5) is 0 Å². The van der Waals surface area contributed by atoms with Gasteiger partial charge in [-0.15, -0.1) is 11.3 Å². The van der Waals surface area contributed by atoms with Crippen LogP contribution in [0.5, 0.6) is 0 Å². The highest BCUT2D eigenvalue weighted by Crippen LogP contribution is 2.29. The van der Waals surface area contributed by atoms with Crippen molar-refractivity contribution in [1.29, 1.82) is 0 Å². The van der Waals surface area contributed by atoms with Crippen LogP contribution in [-0.2, 0) is 16.6 Å². The summed E-state index contributed by atoms with van der Waals surface area (Å²) in [7, 11) is -3.70. The molecular weight excluding hydrogens is 490 g/mol. The molecule has 0 unspecified atom stereocenters. The molecule has 0 saturated heterocycles. The zero-order chi connectivity index (χ0) is 24.1. The molecule has 0 fully saturated rings. The molecular formula is C25H24ClN3O3S2. The molecule has 0 saturated carbocycles. The fourth-order valence-corrected chi connectivity index (χ4v) is 5.37. The second-order valence-corrected chi connectivity index (χ2v) is 10.9. The summed E-state index contributed by atoms with van der Waals surface area (Å²) in [6.45, 7) is 2.67. The van der Waals surface area contributed by atoms with Gasteiger partial charge < -0.3 is 5.32 Å². The highest BCUT2D eigenvalue weighted by atomic mass is 35.5. The number of hydrogen-bond acceptors (Lipinski definition) is 5. The first-order valence-corrected chi connectivity index (χ1v) is 13.6. The van der Waals surface area contributed by atoms with Gasteiger partial charge in [0.25, 0.3) is 5.91 Å². The summed E-state index contributed by atoms with van der Waals surface area (Å²) in [5.74, 6) is -0.311. The lowest BCUT2D eigenvalue weighted by Crippen LogP contribution is -2.25. The summed E-state index contributed by atoms with van der Waals surface area (Å²) in [6.07, 6.45) is 1.63. The molecule has 2 aromatic carbocycles. The molecule has 0 aliphatic carbocycles. The monoisotopic (exact) mass is 513 g/mol. The van der Waals surface area contributed by atoms with Crippen molar-refractivity contribution in [2.75, 3.05) is 6.54 Å². The van der Waals surface area contributed by atoms with Gasteiger partial charge in [0.2, 0.25) is 10.0 Å². The molecule has 176 valence electrons. The number of carbonyl (C=O) groups is 1. The first-order chi connectivity index (χ1) is 16.4. The SMILES string of the molecule is CCCCNS(=O)(=O)c1ccc2nc(-c3cccs3)cc(C(=O)NCc3ccc(Cl)cc3)c2c1. The molecule has 0 atom stereocenters. The maximum Gasteiger partial charge on any atom is 0.252 e. The Bertz CT molecular complexity index is 1400. The molecule has 0 aliphatic rings. The standard InChI is InChI=1S/C25H24ClN3O3S2/c1-2-3-12-28-34(31,32)19-10-11-22-20(14-19)21(15-23(29-22)24-5-4-13-33-24)25(30)27-16-17-6-8-18(26)9-7-17/h4-11,13-15,28H,2-3,12,16H2,1H3,(H,27,30). The van der Waals surface area contributed by atoms with Crippen LogP contribution >= 0.6 is 22.9 Å². The molecule has 1 amide bonds. The fourth-order valence-electron chi connectivity index (χ4n) is 3.46. The van der Waals surface area contributed by atoms with Crippen molar-refractivity contribution in [1.82, 2.24) is 15.0 Å². The third kappa shape index (κ3) is 5.64. The highest BCUT2D eigenvalue weighted by Gasteiger charge is 2.19. The Morgan fingerprint density at radius 1 is 1.09 bits per heavy atom. The number of amides is 1. The molecule has 2 heterocycles. The van der Waals surface area contributed by atoms with E-state index in [9.17, 15) is 13.2 Å². The molecule has 4 rings (SSSR count). The van der Waals surface area contributed by atoms with Crippen LogP contribution in [0.25, 0.3) is 21.5 Å². The van der Waals surface area contributed by atoms with Gasteiger partial charge in [-0.25, -0.2) is 18.1 Å². The molecule has 2 aromatic heterocycles. The lowest BCUT2D eigenvalue weighted by atomic mass is 10.1. The lowest BCUT2D eigenvalue weighted by Gasteiger charge is -2.12. The van der Waals surface area contributed by atoms with E-state index >= 15 is 0 Å². The fraction of sp³-hybridized carbons (Fsp3) is 0.200. The van der Waals surface area contributed by atoms with E-state index in [4.69, 9.17) is 11.6 Å². The summed E-state index contributed by atoms with van der Waals surface area (Å²) >= 11 is 7.47. The second-order valence-electron chi connectivity index (χ2n) is 7.77. The van der Waals surface area contributed by atoms with Crippen LogP contribution in [-0.4, -0.2) is 25.9 Å². The van der Waals surface area contributed by atoms with E-state index in [0.717, 1.165) is 23.3 Å². The smallest absolute Gasteiger partial charge is 0.252 e. The van der Waals surface area contributed by atoms with E-state index in [1.54, 1.807) is 24.3 Å². The molecule has 2 N–H and O–H groups in total. The first-order valence-electron chi connectivity index (χ1n) is 10.9. The van der Waals surface area contributed by atoms with Gasteiger partial charge in [0.05, 0.1) is 26.5 Å². The Morgan fingerprint density at radius 2 is 1.88 bits per heavy atom. The summed E-state index contributed by atoms with van der Waals surface area (Å²) < 4.78 is 28.2. The van der Waals surface area contributed by atoms with Gasteiger partial charge >= 0.3 is 0 Å². The van der Waals surface area contributed by atoms with Crippen molar-refractivity contribution in [3.63, 3.8) is 0 Å². The zero-order valence-electron chi connectivity index (χ0n) is 18.5. The number of halogens is 1. The van der Waals surface area contributed by atoms with Crippen molar-refractivity contribution in [3.8, 4) is 10.6 Å². The molecule has 4 aromatic rings. The number of hydrogen-bond donors (Lipinski definition) is 2. The summed E-state index contributed by atoms with van der Waals surface area (Å²) in [5, 5.41) is 5.97. The van der Waals surface area contributed by atoms with Gasteiger partial charge in [-0.2, -0.15) is 0 Å². The third-order valence-corrected chi connectivity index (χ3v) is 7.90. The molecule has 6 nitrogen and oxygen atoms in total. The normalized spacial score (nSPS) is 11.6. The number of aromatic nitrogens is 1. The molecule has 0 aliphatic heterocycles. The second kappa shape index (κ2) is 10.7. The highest BCUT2D eigenvalue weighted by molar-refractivity contribution is 7.89. The van der Waals surface area contributed by atoms with Gasteiger partial charge in [0.15, 0.2) is 0 Å². The van der Waals surface area contributed by atoms with Gasteiger partial charge in [-0.05, 0) is 59.8 Å². The molecule has 34 heavy (non-hydrogen) atoms. The van der Waals surface area contributed by atoms with Crippen LogP contribution in [0.2, 0.25) is 5.02 Å². The average Bonchev–Trinajstić information content (AvgIpc) is 3.37. The number of carbonyl (C=O) groups excluding carboxylic acids is 1. The van der Waals surface area contributed by atoms with Crippen LogP contribution in [0.1, 0.15) is 35.7 Å². The van der Waals surface area contributed by atoms with E-state index in [1.165, 1.54) is 23.5 Å². The van der Waals surface area contributed by atoms with Gasteiger partial charge in [-0.1, -0.05) is 43.1 Å². The molecule has 0 spiro atoms. The van der Waals surface area contributed by atoms with E-state index in [1.807, 2.05) is 36.6 Å². The number of nitrogens with zero attached hydrogens (tertiary/aromatic N) is 1. The number of rotatable bonds is 9. The lowest BCUT2D eigenvalue weighted by molar-refractivity contribution is 0.0952. The Balaban J connectivity index is 1.72. The minimum Gasteiger partial charge on any atom is -0.348 e. The van der Waals surface area contributed by atoms with Gasteiger partial charge in [0.1, 0.15) is 0 Å². The van der Waals surface area contributed by atoms with Crippen molar-refractivity contribution >= 4 is 49.8 Å². The Morgan fingerprint density at radius 3 is 2.59 bits per heavy atom. The third-order valence-electron chi connectivity index (χ3n) is 5.30. The summed E-state index contributed by atoms with van der Waals surface area (Å²) in [4.78, 5) is 19.0. The Hall–Kier alpha value is -2.78. The van der Waals surface area contributed by atoms with Crippen molar-refractivity contribution in [2.45, 2.75) is 31.2 Å². The molecule has 0 radical (unpaired) electrons. The Kier molecular flexibility index (Phi) is 7.63. The van der Waals surface area contributed by atoms with Crippen LogP contribution in [0, 0.1) is 0 Å². The number of thiophene rings is 1. The predicted octanol–water partition coefficient (Wildman–Crippen LogP) is 5.63. The van der Waals surface area contributed by atoms with Crippen LogP contribution in [0.15, 0.2) is 70.9 Å². The quantitative estimate of drug-likeness (QED) is 0.284. The van der Waals surface area contributed by atoms with Crippen molar-refractivity contribution < 1.29 is 13.2 Å². The minimum atomic E-state index is -3.70. The van der Waals surface area contributed by atoms with E-state index in [0.29, 0.717) is 40.3 Å². The van der Waals surface area contributed by atoms with E-state index in [-0.39, 0.29) is 10.8 Å². The molecule has 9 heteroatoms. The van der Waals surface area contributed by atoms with Gasteiger partial charge in [0, 0.05) is 23.5 Å². The number of sulfonamides is 1. The van der Waals surface area contributed by atoms with Crippen molar-refractivity contribution in [2.24, 2.45) is 0 Å². The van der Waals surface area contributed by atoms with Crippen molar-refractivity contribution in [3.05, 3.63) is 82.2 Å².